The second-order valence-electron chi connectivity index (χ2n) is 5.37. The van der Waals surface area contributed by atoms with Crippen molar-refractivity contribution >= 4 is 38.9 Å². The number of rotatable bonds is 2. The topological polar surface area (TPSA) is 93.7 Å². The van der Waals surface area contributed by atoms with E-state index in [0.717, 1.165) is 0 Å². The van der Waals surface area contributed by atoms with Crippen molar-refractivity contribution in [3.8, 4) is 0 Å². The molecule has 25 heavy (non-hydrogen) atoms. The summed E-state index contributed by atoms with van der Waals surface area (Å²) in [6.45, 7) is 1.62. The van der Waals surface area contributed by atoms with Gasteiger partial charge in [0.25, 0.3) is 11.5 Å². The Kier molecular flexibility index (Phi) is 3.47. The predicted octanol–water partition coefficient (Wildman–Crippen LogP) is 2.42. The van der Waals surface area contributed by atoms with Crippen LogP contribution in [-0.2, 0) is 0 Å². The quantitative estimate of drug-likeness (QED) is 0.559. The number of aryl methyl sites for hydroxylation is 1. The summed E-state index contributed by atoms with van der Waals surface area (Å²) in [6, 6.07) is 8.32. The summed E-state index contributed by atoms with van der Waals surface area (Å²) in [4.78, 5) is 41.9. The van der Waals surface area contributed by atoms with Gasteiger partial charge in [0, 0.05) is 17.0 Å². The van der Waals surface area contributed by atoms with Crippen LogP contribution in [0.3, 0.4) is 0 Å². The van der Waals surface area contributed by atoms with Gasteiger partial charge in [-0.1, -0.05) is 18.2 Å². The standard InChI is InChI=1S/C17H11N3O4S/c1-9-13(15(22)20-6-7-25-17(20)18-9)19-14(21)11-8-10-4-2-3-5-12(10)24-16(11)23/h2-8H,1H3,(H,19,21). The Balaban J connectivity index is 1.79. The number of nitrogens with zero attached hydrogens (tertiary/aromatic N) is 2. The number of hydrogen-bond acceptors (Lipinski definition) is 6. The SMILES string of the molecule is Cc1nc2sccn2c(=O)c1NC(=O)c1cc2ccccc2oc1=O. The zero-order chi connectivity index (χ0) is 17.6. The summed E-state index contributed by atoms with van der Waals surface area (Å²) < 4.78 is 6.50. The molecule has 0 atom stereocenters. The van der Waals surface area contributed by atoms with E-state index in [2.05, 4.69) is 10.3 Å². The lowest BCUT2D eigenvalue weighted by atomic mass is 10.2. The summed E-state index contributed by atoms with van der Waals surface area (Å²) in [6.07, 6.45) is 1.58. The molecule has 0 bridgehead atoms. The Bertz CT molecular complexity index is 1250. The number of aromatic nitrogens is 2. The molecule has 0 radical (unpaired) electrons. The maximum Gasteiger partial charge on any atom is 0.349 e. The summed E-state index contributed by atoms with van der Waals surface area (Å²) in [5, 5.41) is 4.84. The van der Waals surface area contributed by atoms with Gasteiger partial charge in [-0.2, -0.15) is 0 Å². The molecule has 8 heteroatoms. The van der Waals surface area contributed by atoms with Crippen molar-refractivity contribution in [1.29, 1.82) is 0 Å². The lowest BCUT2D eigenvalue weighted by Crippen LogP contribution is -2.27. The number of amides is 1. The van der Waals surface area contributed by atoms with E-state index in [9.17, 15) is 14.4 Å². The van der Waals surface area contributed by atoms with Gasteiger partial charge in [0.05, 0.1) is 5.69 Å². The number of benzene rings is 1. The van der Waals surface area contributed by atoms with E-state index in [4.69, 9.17) is 4.42 Å². The van der Waals surface area contributed by atoms with Crippen molar-refractivity contribution in [2.45, 2.75) is 6.92 Å². The molecule has 1 aromatic carbocycles. The van der Waals surface area contributed by atoms with Gasteiger partial charge < -0.3 is 9.73 Å². The van der Waals surface area contributed by atoms with Crippen LogP contribution < -0.4 is 16.5 Å². The Labute approximate surface area is 144 Å². The van der Waals surface area contributed by atoms with Gasteiger partial charge in [-0.3, -0.25) is 14.0 Å². The molecule has 3 aromatic heterocycles. The fourth-order valence-electron chi connectivity index (χ4n) is 2.53. The lowest BCUT2D eigenvalue weighted by Gasteiger charge is -2.07. The van der Waals surface area contributed by atoms with Crippen LogP contribution in [0.2, 0.25) is 0 Å². The minimum Gasteiger partial charge on any atom is -0.422 e. The normalized spacial score (nSPS) is 11.1. The minimum absolute atomic E-state index is 0.0356. The van der Waals surface area contributed by atoms with E-state index >= 15 is 0 Å². The van der Waals surface area contributed by atoms with Crippen LogP contribution in [0.15, 0.2) is 55.9 Å². The predicted molar refractivity (Wildman–Crippen MR) is 94.5 cm³/mol. The van der Waals surface area contributed by atoms with Crippen molar-refractivity contribution in [2.24, 2.45) is 0 Å². The Morgan fingerprint density at radius 1 is 1.28 bits per heavy atom. The maximum absolute atomic E-state index is 12.5. The Hall–Kier alpha value is -3.26. The van der Waals surface area contributed by atoms with Crippen LogP contribution in [0.1, 0.15) is 16.1 Å². The van der Waals surface area contributed by atoms with E-state index in [0.29, 0.717) is 21.6 Å². The number of anilines is 1. The third kappa shape index (κ3) is 2.52. The Morgan fingerprint density at radius 3 is 2.92 bits per heavy atom. The first kappa shape index (κ1) is 15.3. The molecule has 3 heterocycles. The van der Waals surface area contributed by atoms with E-state index in [1.165, 1.54) is 21.8 Å². The summed E-state index contributed by atoms with van der Waals surface area (Å²) in [5.41, 5.74) is -0.533. The summed E-state index contributed by atoms with van der Waals surface area (Å²) in [7, 11) is 0. The third-order valence-electron chi connectivity index (χ3n) is 3.77. The highest BCUT2D eigenvalue weighted by Crippen LogP contribution is 2.15. The zero-order valence-electron chi connectivity index (χ0n) is 13.0. The number of thiazole rings is 1. The number of hydrogen-bond donors (Lipinski definition) is 1. The van der Waals surface area contributed by atoms with Crippen LogP contribution in [0.4, 0.5) is 5.69 Å². The number of nitrogens with one attached hydrogen (secondary N) is 1. The van der Waals surface area contributed by atoms with Crippen LogP contribution in [-0.4, -0.2) is 15.3 Å². The van der Waals surface area contributed by atoms with Crippen molar-refractivity contribution in [1.82, 2.24) is 9.38 Å². The molecule has 1 N–H and O–H groups in total. The monoisotopic (exact) mass is 353 g/mol. The number of para-hydroxylation sites is 1. The Morgan fingerprint density at radius 2 is 2.08 bits per heavy atom. The molecule has 124 valence electrons. The zero-order valence-corrected chi connectivity index (χ0v) is 13.8. The molecule has 0 unspecified atom stereocenters. The van der Waals surface area contributed by atoms with Gasteiger partial charge in [-0.25, -0.2) is 9.78 Å². The van der Waals surface area contributed by atoms with Crippen molar-refractivity contribution in [2.75, 3.05) is 5.32 Å². The van der Waals surface area contributed by atoms with Crippen molar-refractivity contribution in [3.63, 3.8) is 0 Å². The molecule has 0 aliphatic heterocycles. The van der Waals surface area contributed by atoms with Crippen LogP contribution in [0.25, 0.3) is 15.9 Å². The van der Waals surface area contributed by atoms with Crippen molar-refractivity contribution in [3.05, 3.63) is 73.9 Å². The highest BCUT2D eigenvalue weighted by atomic mass is 32.1. The number of fused-ring (bicyclic) bond motifs is 2. The van der Waals surface area contributed by atoms with Gasteiger partial charge in [-0.15, -0.1) is 11.3 Å². The molecule has 4 aromatic rings. The first-order valence-electron chi connectivity index (χ1n) is 7.35. The fraction of sp³-hybridized carbons (Fsp3) is 0.0588. The van der Waals surface area contributed by atoms with E-state index in [-0.39, 0.29) is 11.3 Å². The summed E-state index contributed by atoms with van der Waals surface area (Å²) >= 11 is 1.32. The first-order chi connectivity index (χ1) is 12.0. The minimum atomic E-state index is -0.765. The number of carbonyl (C=O) groups excluding carboxylic acids is 1. The lowest BCUT2D eigenvalue weighted by molar-refractivity contribution is 0.102. The van der Waals surface area contributed by atoms with Crippen LogP contribution >= 0.6 is 11.3 Å². The van der Waals surface area contributed by atoms with E-state index in [1.54, 1.807) is 42.8 Å². The van der Waals surface area contributed by atoms with Gasteiger partial charge in [0.1, 0.15) is 16.8 Å². The summed E-state index contributed by atoms with van der Waals surface area (Å²) in [5.74, 6) is -0.711. The molecule has 7 nitrogen and oxygen atoms in total. The van der Waals surface area contributed by atoms with E-state index in [1.807, 2.05) is 0 Å². The molecule has 0 aliphatic rings. The molecule has 1 amide bonds. The smallest absolute Gasteiger partial charge is 0.349 e. The van der Waals surface area contributed by atoms with Gasteiger partial charge in [-0.05, 0) is 19.1 Å². The molecule has 0 saturated heterocycles. The second-order valence-corrected chi connectivity index (χ2v) is 6.25. The largest absolute Gasteiger partial charge is 0.422 e. The van der Waals surface area contributed by atoms with Crippen LogP contribution in [0, 0.1) is 6.92 Å². The molecular weight excluding hydrogens is 342 g/mol. The maximum atomic E-state index is 12.5. The second kappa shape index (κ2) is 5.67. The van der Waals surface area contributed by atoms with Crippen molar-refractivity contribution < 1.29 is 9.21 Å². The van der Waals surface area contributed by atoms with Crippen LogP contribution in [0.5, 0.6) is 0 Å². The molecule has 4 rings (SSSR count). The molecule has 0 saturated carbocycles. The molecule has 0 spiro atoms. The highest BCUT2D eigenvalue weighted by molar-refractivity contribution is 7.15. The average Bonchev–Trinajstić information content (AvgIpc) is 3.06. The molecule has 0 aliphatic carbocycles. The average molecular weight is 353 g/mol. The first-order valence-corrected chi connectivity index (χ1v) is 8.23. The van der Waals surface area contributed by atoms with Gasteiger partial charge >= 0.3 is 5.63 Å². The molecular formula is C17H11N3O4S. The van der Waals surface area contributed by atoms with Gasteiger partial charge in [0.2, 0.25) is 0 Å². The van der Waals surface area contributed by atoms with Gasteiger partial charge in [0.15, 0.2) is 4.96 Å². The fourth-order valence-corrected chi connectivity index (χ4v) is 3.28. The molecule has 0 fully saturated rings. The third-order valence-corrected chi connectivity index (χ3v) is 4.53. The van der Waals surface area contributed by atoms with E-state index < -0.39 is 17.1 Å². The number of carbonyl (C=O) groups is 1. The highest BCUT2D eigenvalue weighted by Gasteiger charge is 2.18.